The van der Waals surface area contributed by atoms with Crippen LogP contribution in [0.25, 0.3) is 16.9 Å². The van der Waals surface area contributed by atoms with Gasteiger partial charge in [-0.2, -0.15) is 0 Å². The molecule has 2 aromatic heterocycles. The largest absolute Gasteiger partial charge is 0.369 e. The minimum absolute atomic E-state index is 0.473. The van der Waals surface area contributed by atoms with Gasteiger partial charge in [0.2, 0.25) is 5.95 Å². The average Bonchev–Trinajstić information content (AvgIpc) is 2.68. The summed E-state index contributed by atoms with van der Waals surface area (Å²) in [4.78, 5) is 8.81. The molecule has 90 valence electrons. The van der Waals surface area contributed by atoms with Gasteiger partial charge in [-0.3, -0.25) is 4.57 Å². The van der Waals surface area contributed by atoms with E-state index in [-0.39, 0.29) is 0 Å². The van der Waals surface area contributed by atoms with Gasteiger partial charge in [-0.15, -0.1) is 0 Å². The Kier molecular flexibility index (Phi) is 2.30. The second-order valence-corrected chi connectivity index (χ2v) is 4.39. The van der Waals surface area contributed by atoms with E-state index in [2.05, 4.69) is 23.0 Å². The molecule has 0 aliphatic rings. The number of anilines is 1. The number of hydrogen-bond donors (Lipinski definition) is 1. The maximum atomic E-state index is 6.03. The number of aromatic nitrogens is 3. The van der Waals surface area contributed by atoms with Gasteiger partial charge in [0.05, 0.1) is 5.69 Å². The minimum Gasteiger partial charge on any atom is -0.369 e. The monoisotopic (exact) mass is 238 g/mol. The van der Waals surface area contributed by atoms with E-state index in [0.29, 0.717) is 5.95 Å². The third-order valence-electron chi connectivity index (χ3n) is 3.13. The molecule has 0 spiro atoms. The Balaban J connectivity index is 2.40. The first kappa shape index (κ1) is 10.8. The molecule has 1 aromatic carbocycles. The van der Waals surface area contributed by atoms with E-state index in [4.69, 9.17) is 5.73 Å². The molecule has 0 aliphatic heterocycles. The summed E-state index contributed by atoms with van der Waals surface area (Å²) in [5.41, 5.74) is 11.0. The van der Waals surface area contributed by atoms with Gasteiger partial charge in [0.25, 0.3) is 0 Å². The topological polar surface area (TPSA) is 56.7 Å². The third-order valence-corrected chi connectivity index (χ3v) is 3.13. The molecule has 2 N–H and O–H groups in total. The molecule has 2 heterocycles. The molecule has 0 saturated carbocycles. The standard InChI is InChI=1S/C14H14N4/c1-9-5-3-4-6-11(9)18-13-12(17-14(18)15)10(2)7-8-16-13/h3-8H,1-2H3,(H2,15,17). The molecule has 0 saturated heterocycles. The molecule has 0 amide bonds. The van der Waals surface area contributed by atoms with Crippen LogP contribution in [0.3, 0.4) is 0 Å². The number of nitrogens with zero attached hydrogens (tertiary/aromatic N) is 3. The summed E-state index contributed by atoms with van der Waals surface area (Å²) in [6, 6.07) is 10.0. The van der Waals surface area contributed by atoms with E-state index in [1.165, 1.54) is 0 Å². The molecular weight excluding hydrogens is 224 g/mol. The predicted octanol–water partition coefficient (Wildman–Crippen LogP) is 2.62. The molecule has 0 atom stereocenters. The Morgan fingerprint density at radius 1 is 1.06 bits per heavy atom. The molecule has 18 heavy (non-hydrogen) atoms. The lowest BCUT2D eigenvalue weighted by Gasteiger charge is -2.08. The van der Waals surface area contributed by atoms with Crippen molar-refractivity contribution in [3.63, 3.8) is 0 Å². The van der Waals surface area contributed by atoms with E-state index in [0.717, 1.165) is 28.0 Å². The first-order valence-corrected chi connectivity index (χ1v) is 5.84. The summed E-state index contributed by atoms with van der Waals surface area (Å²) in [6.45, 7) is 4.06. The molecule has 4 nitrogen and oxygen atoms in total. The lowest BCUT2D eigenvalue weighted by molar-refractivity contribution is 1.07. The molecule has 3 rings (SSSR count). The Morgan fingerprint density at radius 2 is 1.83 bits per heavy atom. The number of imidazole rings is 1. The van der Waals surface area contributed by atoms with Crippen molar-refractivity contribution in [2.45, 2.75) is 13.8 Å². The molecule has 3 aromatic rings. The first-order chi connectivity index (χ1) is 8.68. The van der Waals surface area contributed by atoms with Crippen LogP contribution in [0.1, 0.15) is 11.1 Å². The lowest BCUT2D eigenvalue weighted by Crippen LogP contribution is -2.02. The zero-order valence-electron chi connectivity index (χ0n) is 10.4. The second kappa shape index (κ2) is 3.84. The van der Waals surface area contributed by atoms with Crippen molar-refractivity contribution in [3.8, 4) is 5.69 Å². The number of benzene rings is 1. The minimum atomic E-state index is 0.473. The van der Waals surface area contributed by atoms with E-state index < -0.39 is 0 Å². The van der Waals surface area contributed by atoms with Crippen molar-refractivity contribution in [2.24, 2.45) is 0 Å². The van der Waals surface area contributed by atoms with E-state index in [1.807, 2.05) is 35.8 Å². The summed E-state index contributed by atoms with van der Waals surface area (Å²) in [5.74, 6) is 0.473. The summed E-state index contributed by atoms with van der Waals surface area (Å²) in [5, 5.41) is 0. The molecule has 0 radical (unpaired) electrons. The fourth-order valence-electron chi connectivity index (χ4n) is 2.16. The number of hydrogen-bond acceptors (Lipinski definition) is 3. The van der Waals surface area contributed by atoms with E-state index in [1.54, 1.807) is 6.20 Å². The number of pyridine rings is 1. The summed E-state index contributed by atoms with van der Waals surface area (Å²) < 4.78 is 1.90. The Morgan fingerprint density at radius 3 is 2.61 bits per heavy atom. The van der Waals surface area contributed by atoms with Crippen LogP contribution >= 0.6 is 0 Å². The predicted molar refractivity (Wildman–Crippen MR) is 72.8 cm³/mol. The highest BCUT2D eigenvalue weighted by molar-refractivity contribution is 5.80. The highest BCUT2D eigenvalue weighted by Gasteiger charge is 2.13. The van der Waals surface area contributed by atoms with Gasteiger partial charge in [0.15, 0.2) is 5.65 Å². The smallest absolute Gasteiger partial charge is 0.207 e. The molecule has 0 unspecified atom stereocenters. The second-order valence-electron chi connectivity index (χ2n) is 4.39. The number of aryl methyl sites for hydroxylation is 2. The zero-order valence-corrected chi connectivity index (χ0v) is 10.4. The zero-order chi connectivity index (χ0) is 12.7. The Hall–Kier alpha value is -2.36. The Bertz CT molecular complexity index is 728. The molecule has 0 bridgehead atoms. The van der Waals surface area contributed by atoms with Gasteiger partial charge in [-0.1, -0.05) is 18.2 Å². The van der Waals surface area contributed by atoms with Crippen molar-refractivity contribution >= 4 is 17.1 Å². The van der Waals surface area contributed by atoms with Crippen molar-refractivity contribution < 1.29 is 0 Å². The van der Waals surface area contributed by atoms with Crippen LogP contribution < -0.4 is 5.73 Å². The molecule has 0 fully saturated rings. The van der Waals surface area contributed by atoms with Crippen molar-refractivity contribution in [2.75, 3.05) is 5.73 Å². The number of rotatable bonds is 1. The van der Waals surface area contributed by atoms with Crippen LogP contribution in [0.2, 0.25) is 0 Å². The highest BCUT2D eigenvalue weighted by atomic mass is 15.2. The fraction of sp³-hybridized carbons (Fsp3) is 0.143. The molecule has 4 heteroatoms. The Labute approximate surface area is 105 Å². The number of fused-ring (bicyclic) bond motifs is 1. The van der Waals surface area contributed by atoms with Gasteiger partial charge >= 0.3 is 0 Å². The van der Waals surface area contributed by atoms with Crippen molar-refractivity contribution in [1.82, 2.24) is 14.5 Å². The normalized spacial score (nSPS) is 11.0. The lowest BCUT2D eigenvalue weighted by atomic mass is 10.2. The fourth-order valence-corrected chi connectivity index (χ4v) is 2.16. The summed E-state index contributed by atoms with van der Waals surface area (Å²) >= 11 is 0. The molecular formula is C14H14N4. The maximum absolute atomic E-state index is 6.03. The number of nitrogen functional groups attached to an aromatic ring is 1. The van der Waals surface area contributed by atoms with Crippen molar-refractivity contribution in [1.29, 1.82) is 0 Å². The first-order valence-electron chi connectivity index (χ1n) is 5.84. The van der Waals surface area contributed by atoms with Crippen LogP contribution in [0, 0.1) is 13.8 Å². The SMILES string of the molecule is Cc1ccccc1-n1c(N)nc2c(C)ccnc21. The van der Waals surface area contributed by atoms with Crippen molar-refractivity contribution in [3.05, 3.63) is 47.7 Å². The van der Waals surface area contributed by atoms with Crippen LogP contribution in [-0.2, 0) is 0 Å². The van der Waals surface area contributed by atoms with Gasteiger partial charge in [0.1, 0.15) is 5.52 Å². The van der Waals surface area contributed by atoms with Crippen LogP contribution in [0.5, 0.6) is 0 Å². The number of nitrogens with two attached hydrogens (primary N) is 1. The summed E-state index contributed by atoms with van der Waals surface area (Å²) in [6.07, 6.45) is 1.79. The van der Waals surface area contributed by atoms with Gasteiger partial charge in [-0.25, -0.2) is 9.97 Å². The van der Waals surface area contributed by atoms with Crippen LogP contribution in [-0.4, -0.2) is 14.5 Å². The van der Waals surface area contributed by atoms with Crippen LogP contribution in [0.4, 0.5) is 5.95 Å². The summed E-state index contributed by atoms with van der Waals surface area (Å²) in [7, 11) is 0. The average molecular weight is 238 g/mol. The van der Waals surface area contributed by atoms with Gasteiger partial charge in [-0.05, 0) is 37.1 Å². The van der Waals surface area contributed by atoms with Gasteiger partial charge in [0, 0.05) is 6.20 Å². The van der Waals surface area contributed by atoms with Gasteiger partial charge < -0.3 is 5.73 Å². The maximum Gasteiger partial charge on any atom is 0.207 e. The number of para-hydroxylation sites is 1. The molecule has 0 aliphatic carbocycles. The van der Waals surface area contributed by atoms with E-state index >= 15 is 0 Å². The van der Waals surface area contributed by atoms with E-state index in [9.17, 15) is 0 Å². The highest BCUT2D eigenvalue weighted by Crippen LogP contribution is 2.24. The third kappa shape index (κ3) is 1.46. The van der Waals surface area contributed by atoms with Crippen LogP contribution in [0.15, 0.2) is 36.5 Å². The quantitative estimate of drug-likeness (QED) is 0.709.